The summed E-state index contributed by atoms with van der Waals surface area (Å²) in [5.41, 5.74) is 4.61. The molecule has 0 aliphatic rings. The summed E-state index contributed by atoms with van der Waals surface area (Å²) in [4.78, 5) is 16.5. The Kier molecular flexibility index (Phi) is 2.63. The van der Waals surface area contributed by atoms with E-state index in [1.807, 2.05) is 32.0 Å². The molecule has 3 aromatic heterocycles. The smallest absolute Gasteiger partial charge is 0.178 e. The van der Waals surface area contributed by atoms with Crippen LogP contribution in [0.5, 0.6) is 0 Å². The number of pyridine rings is 2. The molecule has 18 heavy (non-hydrogen) atoms. The fraction of sp³-hybridized carbons (Fsp3) is 0.154. The Labute approximate surface area is 113 Å². The van der Waals surface area contributed by atoms with Crippen LogP contribution in [-0.2, 0) is 0 Å². The van der Waals surface area contributed by atoms with Crippen LogP contribution in [0.25, 0.3) is 22.6 Å². The van der Waals surface area contributed by atoms with Crippen molar-refractivity contribution in [1.82, 2.24) is 19.9 Å². The molecule has 0 bridgehead atoms. The summed E-state index contributed by atoms with van der Waals surface area (Å²) >= 11 is 3.40. The monoisotopic (exact) mass is 302 g/mol. The molecule has 4 nitrogen and oxygen atoms in total. The molecule has 3 aromatic rings. The van der Waals surface area contributed by atoms with Crippen molar-refractivity contribution < 1.29 is 0 Å². The van der Waals surface area contributed by atoms with Crippen LogP contribution in [0.4, 0.5) is 0 Å². The molecular formula is C13H11BrN4. The van der Waals surface area contributed by atoms with Crippen LogP contribution in [0.3, 0.4) is 0 Å². The summed E-state index contributed by atoms with van der Waals surface area (Å²) in [5, 5.41) is 0. The Morgan fingerprint density at radius 2 is 2.00 bits per heavy atom. The second kappa shape index (κ2) is 4.17. The fourth-order valence-electron chi connectivity index (χ4n) is 1.94. The first-order valence-electron chi connectivity index (χ1n) is 5.59. The number of fused-ring (bicyclic) bond motifs is 1. The minimum absolute atomic E-state index is 0.716. The number of hydrogen-bond donors (Lipinski definition) is 1. The molecular weight excluding hydrogens is 292 g/mol. The molecule has 1 N–H and O–H groups in total. The molecule has 0 amide bonds. The third kappa shape index (κ3) is 1.90. The molecule has 90 valence electrons. The topological polar surface area (TPSA) is 54.5 Å². The van der Waals surface area contributed by atoms with Crippen LogP contribution in [0, 0.1) is 13.8 Å². The third-order valence-corrected chi connectivity index (χ3v) is 3.22. The highest BCUT2D eigenvalue weighted by molar-refractivity contribution is 9.10. The average Bonchev–Trinajstić information content (AvgIpc) is 2.71. The number of imidazole rings is 1. The van der Waals surface area contributed by atoms with Crippen LogP contribution in [0.2, 0.25) is 0 Å². The zero-order chi connectivity index (χ0) is 12.7. The van der Waals surface area contributed by atoms with E-state index in [-0.39, 0.29) is 0 Å². The molecule has 0 saturated carbocycles. The summed E-state index contributed by atoms with van der Waals surface area (Å²) in [5.74, 6) is 0.806. The van der Waals surface area contributed by atoms with Crippen LogP contribution in [-0.4, -0.2) is 19.9 Å². The van der Waals surface area contributed by atoms with Gasteiger partial charge in [0.1, 0.15) is 5.82 Å². The van der Waals surface area contributed by atoms with Crippen LogP contribution < -0.4 is 0 Å². The first kappa shape index (κ1) is 11.3. The molecule has 0 atom stereocenters. The number of halogens is 1. The number of H-pyrrole nitrogens is 1. The highest BCUT2D eigenvalue weighted by atomic mass is 79.9. The molecule has 0 aliphatic heterocycles. The average molecular weight is 303 g/mol. The van der Waals surface area contributed by atoms with Gasteiger partial charge >= 0.3 is 0 Å². The highest BCUT2D eigenvalue weighted by Gasteiger charge is 2.09. The van der Waals surface area contributed by atoms with E-state index in [0.29, 0.717) is 5.65 Å². The highest BCUT2D eigenvalue weighted by Crippen LogP contribution is 2.23. The summed E-state index contributed by atoms with van der Waals surface area (Å²) in [6, 6.07) is 5.99. The van der Waals surface area contributed by atoms with E-state index >= 15 is 0 Å². The molecule has 0 fully saturated rings. The lowest BCUT2D eigenvalue weighted by molar-refractivity contribution is 1.11. The first-order chi connectivity index (χ1) is 8.63. The molecule has 5 heteroatoms. The van der Waals surface area contributed by atoms with Gasteiger partial charge in [0.2, 0.25) is 0 Å². The van der Waals surface area contributed by atoms with Crippen molar-refractivity contribution in [2.24, 2.45) is 0 Å². The second-order valence-corrected chi connectivity index (χ2v) is 5.11. The summed E-state index contributed by atoms with van der Waals surface area (Å²) in [7, 11) is 0. The Morgan fingerprint density at radius 3 is 2.78 bits per heavy atom. The lowest BCUT2D eigenvalue weighted by Gasteiger charge is -2.01. The number of nitrogens with one attached hydrogen (secondary N) is 1. The van der Waals surface area contributed by atoms with Gasteiger partial charge in [-0.05, 0) is 48.0 Å². The van der Waals surface area contributed by atoms with E-state index in [0.717, 1.165) is 32.8 Å². The van der Waals surface area contributed by atoms with E-state index in [4.69, 9.17) is 0 Å². The number of hydrogen-bond acceptors (Lipinski definition) is 3. The van der Waals surface area contributed by atoms with Crippen molar-refractivity contribution >= 4 is 27.1 Å². The van der Waals surface area contributed by atoms with Crippen molar-refractivity contribution in [3.05, 3.63) is 40.3 Å². The minimum atomic E-state index is 0.716. The minimum Gasteiger partial charge on any atom is -0.336 e. The zero-order valence-corrected chi connectivity index (χ0v) is 11.6. The van der Waals surface area contributed by atoms with Gasteiger partial charge in [-0.1, -0.05) is 0 Å². The Hall–Kier alpha value is -1.75. The van der Waals surface area contributed by atoms with E-state index in [1.54, 1.807) is 6.20 Å². The molecule has 0 spiro atoms. The fourth-order valence-corrected chi connectivity index (χ4v) is 2.27. The SMILES string of the molecule is Cc1ccc(-c2nc3ncc(Br)cc3[nH]2)c(C)n1. The van der Waals surface area contributed by atoms with Gasteiger partial charge in [-0.15, -0.1) is 0 Å². The number of aromatic nitrogens is 4. The standard InChI is InChI=1S/C13H11BrN4/c1-7-3-4-10(8(2)16-7)12-17-11-5-9(14)6-15-13(11)18-12/h3-6H,1-2H3,(H,15,17,18). The molecule has 0 radical (unpaired) electrons. The third-order valence-electron chi connectivity index (χ3n) is 2.78. The van der Waals surface area contributed by atoms with Gasteiger partial charge in [-0.25, -0.2) is 9.97 Å². The van der Waals surface area contributed by atoms with Gasteiger partial charge in [-0.3, -0.25) is 4.98 Å². The number of nitrogens with zero attached hydrogens (tertiary/aromatic N) is 3. The van der Waals surface area contributed by atoms with Gasteiger partial charge in [0.05, 0.1) is 5.52 Å². The van der Waals surface area contributed by atoms with Gasteiger partial charge in [0.15, 0.2) is 5.65 Å². The van der Waals surface area contributed by atoms with Crippen molar-refractivity contribution in [2.75, 3.05) is 0 Å². The van der Waals surface area contributed by atoms with Crippen molar-refractivity contribution in [2.45, 2.75) is 13.8 Å². The Morgan fingerprint density at radius 1 is 1.17 bits per heavy atom. The number of aromatic amines is 1. The summed E-state index contributed by atoms with van der Waals surface area (Å²) in [6.07, 6.45) is 1.74. The summed E-state index contributed by atoms with van der Waals surface area (Å²) in [6.45, 7) is 3.97. The van der Waals surface area contributed by atoms with Crippen LogP contribution >= 0.6 is 15.9 Å². The van der Waals surface area contributed by atoms with Gasteiger partial charge in [0.25, 0.3) is 0 Å². The molecule has 0 aromatic carbocycles. The number of rotatable bonds is 1. The maximum Gasteiger partial charge on any atom is 0.178 e. The predicted octanol–water partition coefficient (Wildman–Crippen LogP) is 3.40. The lowest BCUT2D eigenvalue weighted by Crippen LogP contribution is -1.91. The molecule has 0 aliphatic carbocycles. The van der Waals surface area contributed by atoms with Crippen LogP contribution in [0.1, 0.15) is 11.4 Å². The van der Waals surface area contributed by atoms with E-state index < -0.39 is 0 Å². The Bertz CT molecular complexity index is 733. The second-order valence-electron chi connectivity index (χ2n) is 4.20. The first-order valence-corrected chi connectivity index (χ1v) is 6.38. The Balaban J connectivity index is 2.19. The van der Waals surface area contributed by atoms with E-state index in [1.165, 1.54) is 0 Å². The zero-order valence-electron chi connectivity index (χ0n) is 10.0. The quantitative estimate of drug-likeness (QED) is 0.749. The van der Waals surface area contributed by atoms with Crippen molar-refractivity contribution in [3.8, 4) is 11.4 Å². The number of aryl methyl sites for hydroxylation is 2. The van der Waals surface area contributed by atoms with Crippen LogP contribution in [0.15, 0.2) is 28.9 Å². The van der Waals surface area contributed by atoms with Crippen molar-refractivity contribution in [3.63, 3.8) is 0 Å². The van der Waals surface area contributed by atoms with Gasteiger partial charge in [0, 0.05) is 27.6 Å². The molecule has 0 unspecified atom stereocenters. The van der Waals surface area contributed by atoms with E-state index in [9.17, 15) is 0 Å². The van der Waals surface area contributed by atoms with Gasteiger partial charge in [-0.2, -0.15) is 0 Å². The normalized spacial score (nSPS) is 11.1. The summed E-state index contributed by atoms with van der Waals surface area (Å²) < 4.78 is 0.934. The molecule has 3 rings (SSSR count). The predicted molar refractivity (Wildman–Crippen MR) is 74.3 cm³/mol. The maximum absolute atomic E-state index is 4.49. The van der Waals surface area contributed by atoms with Gasteiger partial charge < -0.3 is 4.98 Å². The van der Waals surface area contributed by atoms with E-state index in [2.05, 4.69) is 35.9 Å². The largest absolute Gasteiger partial charge is 0.336 e. The molecule has 0 saturated heterocycles. The maximum atomic E-state index is 4.49. The van der Waals surface area contributed by atoms with Crippen molar-refractivity contribution in [1.29, 1.82) is 0 Å². The molecule has 3 heterocycles. The lowest BCUT2D eigenvalue weighted by atomic mass is 10.2.